The molecule has 1 aromatic heterocycles. The number of sulfonamides is 1. The topological polar surface area (TPSA) is 54.5 Å². The molecule has 0 atom stereocenters. The minimum Gasteiger partial charge on any atom is -0.289 e. The number of carbonyl (C=O) groups is 1. The maximum Gasteiger partial charge on any atom is 0.242 e. The van der Waals surface area contributed by atoms with Crippen molar-refractivity contribution >= 4 is 49.1 Å². The minimum absolute atomic E-state index is 0.166. The Bertz CT molecular complexity index is 806. The fraction of sp³-hybridized carbons (Fsp3) is 0.133. The molecule has 1 aromatic carbocycles. The highest BCUT2D eigenvalue weighted by Gasteiger charge is 2.17. The van der Waals surface area contributed by atoms with Crippen molar-refractivity contribution in [3.05, 3.63) is 56.7 Å². The number of nitrogens with zero attached hydrogens (tertiary/aromatic N) is 1. The van der Waals surface area contributed by atoms with Crippen LogP contribution in [0.4, 0.5) is 0 Å². The molecule has 0 N–H and O–H groups in total. The molecular formula is C15H14BrNO3S2. The summed E-state index contributed by atoms with van der Waals surface area (Å²) < 4.78 is 26.0. The van der Waals surface area contributed by atoms with E-state index < -0.39 is 10.0 Å². The normalized spacial score (nSPS) is 12.2. The number of hydrogen-bond donors (Lipinski definition) is 0. The van der Waals surface area contributed by atoms with Gasteiger partial charge in [-0.15, -0.1) is 11.3 Å². The molecule has 0 aliphatic heterocycles. The SMILES string of the molecule is CN(C)S(=O)(=O)c1ccc(C(=O)/C=C/c2csc(Br)c2)cc1. The predicted molar refractivity (Wildman–Crippen MR) is 92.7 cm³/mol. The molecule has 0 fully saturated rings. The molecule has 0 unspecified atom stereocenters. The molecule has 0 aliphatic carbocycles. The van der Waals surface area contributed by atoms with Crippen LogP contribution in [0.5, 0.6) is 0 Å². The van der Waals surface area contributed by atoms with Gasteiger partial charge in [0.2, 0.25) is 10.0 Å². The van der Waals surface area contributed by atoms with Gasteiger partial charge in [0, 0.05) is 19.7 Å². The van der Waals surface area contributed by atoms with Gasteiger partial charge in [0.05, 0.1) is 8.68 Å². The van der Waals surface area contributed by atoms with Crippen LogP contribution in [0.25, 0.3) is 6.08 Å². The third-order valence-electron chi connectivity index (χ3n) is 2.93. The number of carbonyl (C=O) groups excluding carboxylic acids is 1. The third kappa shape index (κ3) is 3.92. The standard InChI is InChI=1S/C15H14BrNO3S2/c1-17(2)22(19,20)13-6-4-12(5-7-13)14(18)8-3-11-9-15(16)21-10-11/h3-10H,1-2H3/b8-3+. The predicted octanol–water partition coefficient (Wildman–Crippen LogP) is 3.66. The quantitative estimate of drug-likeness (QED) is 0.569. The van der Waals surface area contributed by atoms with Gasteiger partial charge in [-0.05, 0) is 63.3 Å². The Labute approximate surface area is 142 Å². The number of ketones is 1. The maximum absolute atomic E-state index is 12.1. The van der Waals surface area contributed by atoms with Gasteiger partial charge in [0.25, 0.3) is 0 Å². The first kappa shape index (κ1) is 17.1. The summed E-state index contributed by atoms with van der Waals surface area (Å²) in [4.78, 5) is 12.2. The van der Waals surface area contributed by atoms with E-state index in [1.165, 1.54) is 44.4 Å². The van der Waals surface area contributed by atoms with Gasteiger partial charge in [-0.2, -0.15) is 0 Å². The second-order valence-electron chi connectivity index (χ2n) is 4.69. The summed E-state index contributed by atoms with van der Waals surface area (Å²) in [6.45, 7) is 0. The molecule has 2 aromatic rings. The van der Waals surface area contributed by atoms with Crippen LogP contribution in [0.3, 0.4) is 0 Å². The first-order valence-corrected chi connectivity index (χ1v) is 9.41. The van der Waals surface area contributed by atoms with Crippen molar-refractivity contribution < 1.29 is 13.2 Å². The Morgan fingerprint density at radius 1 is 1.23 bits per heavy atom. The molecule has 0 radical (unpaired) electrons. The molecule has 4 nitrogen and oxygen atoms in total. The number of hydrogen-bond acceptors (Lipinski definition) is 4. The van der Waals surface area contributed by atoms with Crippen LogP contribution in [0.15, 0.2) is 50.5 Å². The van der Waals surface area contributed by atoms with Crippen LogP contribution in [0.2, 0.25) is 0 Å². The summed E-state index contributed by atoms with van der Waals surface area (Å²) in [6.07, 6.45) is 3.21. The van der Waals surface area contributed by atoms with Crippen molar-refractivity contribution in [2.24, 2.45) is 0 Å². The smallest absolute Gasteiger partial charge is 0.242 e. The molecular weight excluding hydrogens is 386 g/mol. The van der Waals surface area contributed by atoms with Crippen molar-refractivity contribution in [1.29, 1.82) is 0 Å². The van der Waals surface area contributed by atoms with Crippen molar-refractivity contribution in [2.45, 2.75) is 4.90 Å². The molecule has 1 heterocycles. The summed E-state index contributed by atoms with van der Waals surface area (Å²) >= 11 is 4.90. The van der Waals surface area contributed by atoms with E-state index in [2.05, 4.69) is 15.9 Å². The molecule has 0 bridgehead atoms. The van der Waals surface area contributed by atoms with E-state index in [4.69, 9.17) is 0 Å². The van der Waals surface area contributed by atoms with Gasteiger partial charge in [-0.3, -0.25) is 4.79 Å². The lowest BCUT2D eigenvalue weighted by Gasteiger charge is -2.11. The van der Waals surface area contributed by atoms with Gasteiger partial charge in [-0.25, -0.2) is 12.7 Å². The monoisotopic (exact) mass is 399 g/mol. The lowest BCUT2D eigenvalue weighted by atomic mass is 10.1. The van der Waals surface area contributed by atoms with Crippen LogP contribution >= 0.6 is 27.3 Å². The number of rotatable bonds is 5. The molecule has 7 heteroatoms. The number of benzene rings is 1. The largest absolute Gasteiger partial charge is 0.289 e. The van der Waals surface area contributed by atoms with Crippen molar-refractivity contribution in [3.8, 4) is 0 Å². The molecule has 0 saturated heterocycles. The van der Waals surface area contributed by atoms with Crippen molar-refractivity contribution in [1.82, 2.24) is 4.31 Å². The molecule has 116 valence electrons. The van der Waals surface area contributed by atoms with Gasteiger partial charge in [0.1, 0.15) is 0 Å². The van der Waals surface area contributed by atoms with Crippen LogP contribution < -0.4 is 0 Å². The zero-order valence-corrected chi connectivity index (χ0v) is 15.2. The van der Waals surface area contributed by atoms with Gasteiger partial charge < -0.3 is 0 Å². The lowest BCUT2D eigenvalue weighted by molar-refractivity contribution is 0.104. The Morgan fingerprint density at radius 2 is 1.86 bits per heavy atom. The zero-order valence-electron chi connectivity index (χ0n) is 12.0. The molecule has 2 rings (SSSR count). The fourth-order valence-corrected chi connectivity index (χ4v) is 3.73. The van der Waals surface area contributed by atoms with Crippen LogP contribution in [-0.2, 0) is 10.0 Å². The average Bonchev–Trinajstić information content (AvgIpc) is 2.90. The van der Waals surface area contributed by atoms with E-state index in [1.54, 1.807) is 17.4 Å². The number of halogens is 1. The molecule has 0 spiro atoms. The summed E-state index contributed by atoms with van der Waals surface area (Å²) in [5.74, 6) is -0.170. The molecule has 0 amide bonds. The molecule has 22 heavy (non-hydrogen) atoms. The first-order chi connectivity index (χ1) is 10.3. The summed E-state index contributed by atoms with van der Waals surface area (Å²) in [7, 11) is -0.535. The highest BCUT2D eigenvalue weighted by molar-refractivity contribution is 9.11. The van der Waals surface area contributed by atoms with Crippen LogP contribution in [0.1, 0.15) is 15.9 Å². The highest BCUT2D eigenvalue weighted by atomic mass is 79.9. The Morgan fingerprint density at radius 3 is 2.36 bits per heavy atom. The van der Waals surface area contributed by atoms with E-state index in [-0.39, 0.29) is 10.7 Å². The van der Waals surface area contributed by atoms with Crippen LogP contribution in [0, 0.1) is 0 Å². The Kier molecular flexibility index (Phi) is 5.33. The van der Waals surface area contributed by atoms with E-state index in [1.807, 2.05) is 11.4 Å². The summed E-state index contributed by atoms with van der Waals surface area (Å²) in [5, 5.41) is 1.93. The zero-order chi connectivity index (χ0) is 16.3. The van der Waals surface area contributed by atoms with E-state index in [0.717, 1.165) is 13.7 Å². The molecule has 0 saturated carbocycles. The lowest BCUT2D eigenvalue weighted by Crippen LogP contribution is -2.22. The average molecular weight is 400 g/mol. The minimum atomic E-state index is -3.47. The number of thiophene rings is 1. The summed E-state index contributed by atoms with van der Waals surface area (Å²) in [6, 6.07) is 7.84. The van der Waals surface area contributed by atoms with Crippen LogP contribution in [-0.4, -0.2) is 32.6 Å². The number of allylic oxidation sites excluding steroid dienone is 1. The second kappa shape index (κ2) is 6.87. The Hall–Kier alpha value is -1.28. The van der Waals surface area contributed by atoms with E-state index in [9.17, 15) is 13.2 Å². The third-order valence-corrected chi connectivity index (χ3v) is 6.28. The van der Waals surface area contributed by atoms with Gasteiger partial charge in [0.15, 0.2) is 5.78 Å². The van der Waals surface area contributed by atoms with Crippen molar-refractivity contribution in [3.63, 3.8) is 0 Å². The first-order valence-electron chi connectivity index (χ1n) is 6.30. The van der Waals surface area contributed by atoms with E-state index >= 15 is 0 Å². The van der Waals surface area contributed by atoms with Gasteiger partial charge >= 0.3 is 0 Å². The summed E-state index contributed by atoms with van der Waals surface area (Å²) in [5.41, 5.74) is 1.39. The Balaban J connectivity index is 2.17. The van der Waals surface area contributed by atoms with Gasteiger partial charge in [-0.1, -0.05) is 6.08 Å². The maximum atomic E-state index is 12.1. The fourth-order valence-electron chi connectivity index (χ4n) is 1.68. The highest BCUT2D eigenvalue weighted by Crippen LogP contribution is 2.21. The van der Waals surface area contributed by atoms with E-state index in [0.29, 0.717) is 5.56 Å². The van der Waals surface area contributed by atoms with Crippen molar-refractivity contribution in [2.75, 3.05) is 14.1 Å². The molecule has 0 aliphatic rings. The second-order valence-corrected chi connectivity index (χ2v) is 9.14.